The Morgan fingerprint density at radius 2 is 1.71 bits per heavy atom. The van der Waals surface area contributed by atoms with E-state index in [4.69, 9.17) is 6.42 Å². The van der Waals surface area contributed by atoms with Crippen molar-refractivity contribution < 1.29 is 32.4 Å². The van der Waals surface area contributed by atoms with E-state index in [0.29, 0.717) is 12.8 Å². The van der Waals surface area contributed by atoms with E-state index in [1.54, 1.807) is 51.1 Å². The summed E-state index contributed by atoms with van der Waals surface area (Å²) in [7, 11) is -3.74. The van der Waals surface area contributed by atoms with Crippen LogP contribution in [0.25, 0.3) is 0 Å². The molecule has 1 aliphatic heterocycles. The van der Waals surface area contributed by atoms with Gasteiger partial charge in [0.05, 0.1) is 22.2 Å². The first-order valence-electron chi connectivity index (χ1n) is 17.7. The third-order valence-corrected chi connectivity index (χ3v) is 12.7. The lowest BCUT2D eigenvalue weighted by molar-refractivity contribution is -0.145. The lowest BCUT2D eigenvalue weighted by atomic mass is 9.83. The highest BCUT2D eigenvalue weighted by molar-refractivity contribution is 7.91. The first-order chi connectivity index (χ1) is 23.9. The Morgan fingerprint density at radius 3 is 2.29 bits per heavy atom. The highest BCUT2D eigenvalue weighted by Gasteiger charge is 2.70. The molecule has 13 heteroatoms. The molecule has 1 saturated heterocycles. The van der Waals surface area contributed by atoms with E-state index in [2.05, 4.69) is 33.8 Å². The molecular formula is C38H53N5O7S. The van der Waals surface area contributed by atoms with Crippen LogP contribution in [-0.4, -0.2) is 85.4 Å². The summed E-state index contributed by atoms with van der Waals surface area (Å²) in [5.41, 5.74) is -2.08. The van der Waals surface area contributed by atoms with Crippen LogP contribution in [0.5, 0.6) is 0 Å². The van der Waals surface area contributed by atoms with Gasteiger partial charge in [0, 0.05) is 19.5 Å². The normalized spacial score (nSPS) is 23.0. The number of ketones is 1. The molecule has 0 bridgehead atoms. The van der Waals surface area contributed by atoms with Gasteiger partial charge in [-0.1, -0.05) is 78.2 Å². The van der Waals surface area contributed by atoms with Crippen molar-refractivity contribution >= 4 is 39.4 Å². The number of nitrogens with one attached hydrogen (secondary N) is 4. The zero-order valence-corrected chi connectivity index (χ0v) is 31.2. The van der Waals surface area contributed by atoms with Crippen LogP contribution < -0.4 is 21.3 Å². The van der Waals surface area contributed by atoms with Gasteiger partial charge in [0.15, 0.2) is 9.84 Å². The number of nitrogens with zero attached hydrogens (tertiary/aromatic N) is 1. The minimum atomic E-state index is -3.74. The molecule has 1 heterocycles. The molecule has 5 atom stereocenters. The van der Waals surface area contributed by atoms with E-state index in [9.17, 15) is 32.4 Å². The number of benzene rings is 1. The number of hydrogen-bond donors (Lipinski definition) is 4. The van der Waals surface area contributed by atoms with Crippen LogP contribution in [0.4, 0.5) is 4.79 Å². The van der Waals surface area contributed by atoms with Crippen LogP contribution in [0.2, 0.25) is 0 Å². The molecule has 5 amide bonds. The summed E-state index contributed by atoms with van der Waals surface area (Å²) in [6.45, 7) is 13.3. The minimum absolute atomic E-state index is 0.0103. The first kappa shape index (κ1) is 39.6. The SMILES string of the molecule is C#CCCC(NC(=O)[C@@H]1[C@H]2C(CN1C(=O)[C@@H](NC(=O)NC1(CS(=O)(=O)c3ccccc3)CCCCC1)C(C)(C)C)C2(C)C)C(=O)C(=O)NCC=C. The van der Waals surface area contributed by atoms with Crippen molar-refractivity contribution in [3.63, 3.8) is 0 Å². The fourth-order valence-corrected chi connectivity index (χ4v) is 9.64. The Morgan fingerprint density at radius 1 is 1.06 bits per heavy atom. The molecule has 278 valence electrons. The summed E-state index contributed by atoms with van der Waals surface area (Å²) >= 11 is 0. The van der Waals surface area contributed by atoms with E-state index in [1.807, 2.05) is 13.8 Å². The smallest absolute Gasteiger partial charge is 0.315 e. The van der Waals surface area contributed by atoms with Crippen LogP contribution in [0.1, 0.15) is 79.6 Å². The van der Waals surface area contributed by atoms with Gasteiger partial charge < -0.3 is 26.2 Å². The summed E-state index contributed by atoms with van der Waals surface area (Å²) in [4.78, 5) is 69.5. The number of carbonyl (C=O) groups excluding carboxylic acids is 5. The molecule has 4 N–H and O–H groups in total. The van der Waals surface area contributed by atoms with Crippen molar-refractivity contribution in [1.82, 2.24) is 26.2 Å². The Hall–Kier alpha value is -4.18. The second-order valence-corrected chi connectivity index (χ2v) is 17.9. The van der Waals surface area contributed by atoms with Crippen molar-refractivity contribution in [3.8, 4) is 12.3 Å². The van der Waals surface area contributed by atoms with E-state index >= 15 is 0 Å². The number of rotatable bonds is 14. The lowest BCUT2D eigenvalue weighted by Gasteiger charge is -2.40. The van der Waals surface area contributed by atoms with Gasteiger partial charge in [0.25, 0.3) is 5.91 Å². The summed E-state index contributed by atoms with van der Waals surface area (Å²) < 4.78 is 26.9. The van der Waals surface area contributed by atoms with Crippen molar-refractivity contribution in [1.29, 1.82) is 0 Å². The largest absolute Gasteiger partial charge is 0.346 e. The number of piperidine rings is 1. The van der Waals surface area contributed by atoms with Crippen LogP contribution in [0, 0.1) is 35.0 Å². The Labute approximate surface area is 302 Å². The van der Waals surface area contributed by atoms with Gasteiger partial charge in [0.1, 0.15) is 12.1 Å². The minimum Gasteiger partial charge on any atom is -0.346 e. The Balaban J connectivity index is 1.56. The standard InChI is InChI=1S/C38H53N5O7S/c1-8-10-19-27(30(44)33(46)39-22-9-2)40-32(45)29-28-26(37(28,6)7)23-43(29)34(47)31(36(3,4)5)41-35(48)42-38(20-15-12-16-21-38)24-51(49,50)25-17-13-11-14-18-25/h1,9,11,13-14,17-18,26-29,31H,2,10,12,15-16,19-24H2,3-7H3,(H,39,46)(H,40,45)(H2,41,42,48)/t26?,27?,28-,29+,31-/m1/s1. The number of sulfone groups is 1. The average molecular weight is 724 g/mol. The Kier molecular flexibility index (Phi) is 12.1. The zero-order valence-electron chi connectivity index (χ0n) is 30.4. The third-order valence-electron chi connectivity index (χ3n) is 10.7. The summed E-state index contributed by atoms with van der Waals surface area (Å²) in [5, 5.41) is 11.0. The molecule has 2 aliphatic carbocycles. The number of fused-ring (bicyclic) bond motifs is 1. The maximum atomic E-state index is 14.5. The zero-order chi connectivity index (χ0) is 37.8. The molecule has 0 radical (unpaired) electrons. The van der Waals surface area contributed by atoms with E-state index in [0.717, 1.165) is 19.3 Å². The van der Waals surface area contributed by atoms with E-state index in [-0.39, 0.29) is 53.8 Å². The van der Waals surface area contributed by atoms with E-state index < -0.39 is 68.5 Å². The van der Waals surface area contributed by atoms with Gasteiger partial charge in [-0.3, -0.25) is 19.2 Å². The van der Waals surface area contributed by atoms with Crippen molar-refractivity contribution in [3.05, 3.63) is 43.0 Å². The topological polar surface area (TPSA) is 171 Å². The second kappa shape index (κ2) is 15.6. The van der Waals surface area contributed by atoms with Crippen molar-refractivity contribution in [2.45, 2.75) is 108 Å². The maximum Gasteiger partial charge on any atom is 0.315 e. The molecule has 3 aliphatic rings. The molecule has 2 saturated carbocycles. The summed E-state index contributed by atoms with van der Waals surface area (Å²) in [6, 6.07) is 4.25. The van der Waals surface area contributed by atoms with Gasteiger partial charge in [-0.25, -0.2) is 13.2 Å². The van der Waals surface area contributed by atoms with E-state index in [1.165, 1.54) is 11.0 Å². The number of Topliss-reactive ketones (excluding diaryl/α,β-unsaturated/α-hetero) is 1. The predicted molar refractivity (Wildman–Crippen MR) is 194 cm³/mol. The van der Waals surface area contributed by atoms with Gasteiger partial charge in [0.2, 0.25) is 17.6 Å². The fraction of sp³-hybridized carbons (Fsp3) is 0.605. The number of hydrogen-bond acceptors (Lipinski definition) is 7. The van der Waals surface area contributed by atoms with Crippen LogP contribution in [0.15, 0.2) is 47.9 Å². The molecule has 1 aromatic rings. The number of likely N-dealkylation sites (tertiary alicyclic amines) is 1. The van der Waals surface area contributed by atoms with Gasteiger partial charge in [-0.15, -0.1) is 18.9 Å². The van der Waals surface area contributed by atoms with Gasteiger partial charge >= 0.3 is 6.03 Å². The first-order valence-corrected chi connectivity index (χ1v) is 19.4. The monoisotopic (exact) mass is 723 g/mol. The predicted octanol–water partition coefficient (Wildman–Crippen LogP) is 3.13. The third kappa shape index (κ3) is 9.01. The van der Waals surface area contributed by atoms with Crippen LogP contribution in [0.3, 0.4) is 0 Å². The molecule has 3 fully saturated rings. The summed E-state index contributed by atoms with van der Waals surface area (Å²) in [6.07, 6.45) is 10.4. The molecule has 12 nitrogen and oxygen atoms in total. The molecule has 51 heavy (non-hydrogen) atoms. The molecule has 0 aromatic heterocycles. The highest BCUT2D eigenvalue weighted by Crippen LogP contribution is 2.65. The highest BCUT2D eigenvalue weighted by atomic mass is 32.2. The molecule has 0 spiro atoms. The lowest BCUT2D eigenvalue weighted by Crippen LogP contribution is -2.63. The van der Waals surface area contributed by atoms with Crippen molar-refractivity contribution in [2.24, 2.45) is 22.7 Å². The van der Waals surface area contributed by atoms with Gasteiger partial charge in [-0.2, -0.15) is 0 Å². The van der Waals surface area contributed by atoms with Crippen LogP contribution >= 0.6 is 0 Å². The fourth-order valence-electron chi connectivity index (χ4n) is 7.81. The maximum absolute atomic E-state index is 14.5. The molecule has 1 aromatic carbocycles. The van der Waals surface area contributed by atoms with Crippen molar-refractivity contribution in [2.75, 3.05) is 18.8 Å². The number of terminal acetylenes is 1. The number of carbonyl (C=O) groups is 5. The molecular weight excluding hydrogens is 671 g/mol. The number of amides is 5. The summed E-state index contributed by atoms with van der Waals surface area (Å²) in [5.74, 6) is -0.792. The molecule has 2 unspecified atom stereocenters. The molecule has 4 rings (SSSR count). The van der Waals surface area contributed by atoms with Crippen LogP contribution in [-0.2, 0) is 29.0 Å². The average Bonchev–Trinajstić information content (AvgIpc) is 3.38. The van der Waals surface area contributed by atoms with Gasteiger partial charge in [-0.05, 0) is 54.1 Å². The second-order valence-electron chi connectivity index (χ2n) is 15.9. The Bertz CT molecular complexity index is 1650. The number of urea groups is 1. The quantitative estimate of drug-likeness (QED) is 0.130.